The van der Waals surface area contributed by atoms with E-state index in [4.69, 9.17) is 4.42 Å². The van der Waals surface area contributed by atoms with Gasteiger partial charge in [0.1, 0.15) is 5.01 Å². The van der Waals surface area contributed by atoms with Gasteiger partial charge in [-0.2, -0.15) is 5.10 Å². The van der Waals surface area contributed by atoms with E-state index in [9.17, 15) is 4.79 Å². The second-order valence-electron chi connectivity index (χ2n) is 5.52. The van der Waals surface area contributed by atoms with E-state index in [1.54, 1.807) is 23.9 Å². The molecule has 1 amide bonds. The van der Waals surface area contributed by atoms with Crippen LogP contribution in [0, 0.1) is 6.92 Å². The summed E-state index contributed by atoms with van der Waals surface area (Å²) in [6, 6.07) is 9.08. The van der Waals surface area contributed by atoms with Gasteiger partial charge in [0.05, 0.1) is 6.26 Å². The largest absolute Gasteiger partial charge is 0.459 e. The highest BCUT2D eigenvalue weighted by Crippen LogP contribution is 2.26. The van der Waals surface area contributed by atoms with Crippen molar-refractivity contribution >= 4 is 28.6 Å². The Kier molecular flexibility index (Phi) is 4.67. The van der Waals surface area contributed by atoms with Gasteiger partial charge in [0.25, 0.3) is 5.91 Å². The van der Waals surface area contributed by atoms with Gasteiger partial charge in [-0.05, 0) is 49.7 Å². The fourth-order valence-electron chi connectivity index (χ4n) is 2.32. The summed E-state index contributed by atoms with van der Waals surface area (Å²) in [6.07, 6.45) is 1.47. The number of aryl methyl sites for hydroxylation is 1. The summed E-state index contributed by atoms with van der Waals surface area (Å²) in [6.45, 7) is 7.74. The van der Waals surface area contributed by atoms with Crippen molar-refractivity contribution < 1.29 is 9.21 Å². The Morgan fingerprint density at radius 2 is 2.20 bits per heavy atom. The highest BCUT2D eigenvalue weighted by Gasteiger charge is 2.12. The van der Waals surface area contributed by atoms with E-state index in [1.165, 1.54) is 17.6 Å². The van der Waals surface area contributed by atoms with Gasteiger partial charge in [-0.25, -0.2) is 4.68 Å². The molecule has 0 aliphatic rings. The Balaban J connectivity index is 1.90. The number of hydrogen-bond acceptors (Lipinski definition) is 5. The van der Waals surface area contributed by atoms with E-state index in [-0.39, 0.29) is 11.7 Å². The minimum atomic E-state index is -0.276. The first kappa shape index (κ1) is 16.9. The molecule has 7 heteroatoms. The number of carbonyl (C=O) groups is 1. The molecule has 1 N–H and O–H groups in total. The van der Waals surface area contributed by atoms with Crippen LogP contribution in [-0.4, -0.2) is 22.7 Å². The van der Waals surface area contributed by atoms with Crippen molar-refractivity contribution in [3.8, 4) is 10.6 Å². The van der Waals surface area contributed by atoms with Crippen LogP contribution in [0.3, 0.4) is 0 Å². The molecule has 25 heavy (non-hydrogen) atoms. The maximum absolute atomic E-state index is 12.1. The molecule has 0 atom stereocenters. The van der Waals surface area contributed by atoms with Crippen LogP contribution < -0.4 is 10.1 Å². The number of amides is 1. The van der Waals surface area contributed by atoms with Crippen molar-refractivity contribution in [3.63, 3.8) is 0 Å². The number of rotatable bonds is 4. The van der Waals surface area contributed by atoms with Crippen LogP contribution in [0.1, 0.15) is 23.0 Å². The lowest BCUT2D eigenvalue weighted by Gasteiger charge is -2.08. The van der Waals surface area contributed by atoms with Gasteiger partial charge in [0, 0.05) is 24.0 Å². The zero-order chi connectivity index (χ0) is 18.0. The molecule has 0 bridgehead atoms. The maximum Gasteiger partial charge on any atom is 0.291 e. The van der Waals surface area contributed by atoms with Crippen molar-refractivity contribution in [2.75, 3.05) is 12.4 Å². The summed E-state index contributed by atoms with van der Waals surface area (Å²) in [5, 5.41) is 8.26. The molecule has 1 aromatic carbocycles. The molecule has 6 nitrogen and oxygen atoms in total. The lowest BCUT2D eigenvalue weighted by Crippen LogP contribution is -2.13. The number of anilines is 1. The molecule has 0 spiro atoms. The number of furan rings is 1. The molecule has 3 rings (SSSR count). The van der Waals surface area contributed by atoms with E-state index in [2.05, 4.69) is 22.0 Å². The molecule has 3 aromatic rings. The van der Waals surface area contributed by atoms with E-state index >= 15 is 0 Å². The molecule has 2 aromatic heterocycles. The zero-order valence-electron chi connectivity index (χ0n) is 14.2. The Morgan fingerprint density at radius 3 is 2.76 bits per heavy atom. The van der Waals surface area contributed by atoms with Crippen LogP contribution >= 0.6 is 11.3 Å². The summed E-state index contributed by atoms with van der Waals surface area (Å²) < 4.78 is 6.83. The standard InChI is InChI=1S/C18H18N4O2S/c1-11(2)22-18(19-4)25-17(21-22)13-7-8-14(12(3)10-13)20-16(23)15-6-5-9-24-15/h5-10H,1H2,2-4H3,(H,20,23). The number of carbonyl (C=O) groups excluding carboxylic acids is 1. The highest BCUT2D eigenvalue weighted by atomic mass is 32.1. The predicted octanol–water partition coefficient (Wildman–Crippen LogP) is 3.79. The summed E-state index contributed by atoms with van der Waals surface area (Å²) in [5.74, 6) is 0.00221. The third-order valence-corrected chi connectivity index (χ3v) is 4.63. The monoisotopic (exact) mass is 354 g/mol. The number of aromatic nitrogens is 2. The third kappa shape index (κ3) is 3.46. The lowest BCUT2D eigenvalue weighted by atomic mass is 10.1. The summed E-state index contributed by atoms with van der Waals surface area (Å²) >= 11 is 1.49. The average Bonchev–Trinajstić information content (AvgIpc) is 3.26. The van der Waals surface area contributed by atoms with Gasteiger partial charge in [-0.15, -0.1) is 0 Å². The molecule has 0 saturated heterocycles. The van der Waals surface area contributed by atoms with Gasteiger partial charge >= 0.3 is 0 Å². The smallest absolute Gasteiger partial charge is 0.291 e. The van der Waals surface area contributed by atoms with Crippen LogP contribution in [0.5, 0.6) is 0 Å². The van der Waals surface area contributed by atoms with Gasteiger partial charge in [-0.3, -0.25) is 9.79 Å². The Hall–Kier alpha value is -2.93. The molecule has 0 aliphatic carbocycles. The lowest BCUT2D eigenvalue weighted by molar-refractivity contribution is 0.0996. The highest BCUT2D eigenvalue weighted by molar-refractivity contribution is 7.12. The number of hydrogen-bond donors (Lipinski definition) is 1. The molecule has 2 heterocycles. The number of nitrogens with one attached hydrogen (secondary N) is 1. The molecular formula is C18H18N4O2S. The van der Waals surface area contributed by atoms with Crippen LogP contribution in [0.25, 0.3) is 16.3 Å². The van der Waals surface area contributed by atoms with Crippen molar-refractivity contribution in [2.24, 2.45) is 4.99 Å². The SMILES string of the molecule is C=C(C)n1nc(-c2ccc(NC(=O)c3ccco3)c(C)c2)sc1=NC. The van der Waals surface area contributed by atoms with Crippen molar-refractivity contribution in [1.82, 2.24) is 9.78 Å². The third-order valence-electron chi connectivity index (χ3n) is 3.58. The fraction of sp³-hybridized carbons (Fsp3) is 0.167. The molecule has 0 saturated carbocycles. The first-order valence-electron chi connectivity index (χ1n) is 7.64. The normalized spacial score (nSPS) is 11.6. The second kappa shape index (κ2) is 6.90. The Bertz CT molecular complexity index is 997. The van der Waals surface area contributed by atoms with E-state index in [0.717, 1.165) is 32.3 Å². The predicted molar refractivity (Wildman–Crippen MR) is 99.4 cm³/mol. The van der Waals surface area contributed by atoms with Gasteiger partial charge in [0.15, 0.2) is 5.76 Å². The molecule has 0 fully saturated rings. The number of nitrogens with zero attached hydrogens (tertiary/aromatic N) is 3. The minimum absolute atomic E-state index is 0.276. The summed E-state index contributed by atoms with van der Waals surface area (Å²) in [4.78, 5) is 17.1. The van der Waals surface area contributed by atoms with Gasteiger partial charge in [0.2, 0.25) is 4.80 Å². The first-order valence-corrected chi connectivity index (χ1v) is 8.46. The van der Waals surface area contributed by atoms with Crippen molar-refractivity contribution in [1.29, 1.82) is 0 Å². The summed E-state index contributed by atoms with van der Waals surface area (Å²) in [5.41, 5.74) is 3.44. The van der Waals surface area contributed by atoms with Crippen molar-refractivity contribution in [2.45, 2.75) is 13.8 Å². The van der Waals surface area contributed by atoms with Crippen LogP contribution in [-0.2, 0) is 0 Å². The first-order chi connectivity index (χ1) is 12.0. The zero-order valence-corrected chi connectivity index (χ0v) is 15.1. The van der Waals surface area contributed by atoms with E-state index in [1.807, 2.05) is 32.0 Å². The molecule has 0 unspecified atom stereocenters. The molecular weight excluding hydrogens is 336 g/mol. The minimum Gasteiger partial charge on any atom is -0.459 e. The van der Waals surface area contributed by atoms with Crippen molar-refractivity contribution in [3.05, 3.63) is 59.3 Å². The summed E-state index contributed by atoms with van der Waals surface area (Å²) in [7, 11) is 1.73. The van der Waals surface area contributed by atoms with Crippen LogP contribution in [0.15, 0.2) is 52.6 Å². The van der Waals surface area contributed by atoms with Crippen LogP contribution in [0.2, 0.25) is 0 Å². The number of allylic oxidation sites excluding steroid dienone is 1. The molecule has 0 aliphatic heterocycles. The average molecular weight is 354 g/mol. The van der Waals surface area contributed by atoms with Crippen LogP contribution in [0.4, 0.5) is 5.69 Å². The van der Waals surface area contributed by atoms with E-state index < -0.39 is 0 Å². The topological polar surface area (TPSA) is 72.4 Å². The second-order valence-corrected chi connectivity index (χ2v) is 6.48. The molecule has 0 radical (unpaired) electrons. The van der Waals surface area contributed by atoms with Gasteiger partial charge in [-0.1, -0.05) is 17.9 Å². The quantitative estimate of drug-likeness (QED) is 0.775. The fourth-order valence-corrected chi connectivity index (χ4v) is 3.23. The number of benzene rings is 1. The van der Waals surface area contributed by atoms with E-state index in [0.29, 0.717) is 0 Å². The Morgan fingerprint density at radius 1 is 1.40 bits per heavy atom. The Labute approximate surface area is 149 Å². The molecule has 128 valence electrons. The van der Waals surface area contributed by atoms with Gasteiger partial charge < -0.3 is 9.73 Å². The maximum atomic E-state index is 12.1.